The topological polar surface area (TPSA) is 84.2 Å². The molecule has 6 nitrogen and oxygen atoms in total. The molecule has 0 bridgehead atoms. The lowest BCUT2D eigenvalue weighted by Gasteiger charge is -2.01. The van der Waals surface area contributed by atoms with Crippen LogP contribution >= 0.6 is 11.3 Å². The van der Waals surface area contributed by atoms with Gasteiger partial charge in [-0.25, -0.2) is 18.1 Å². The number of rotatable bonds is 4. The number of imidazole rings is 1. The van der Waals surface area contributed by atoms with E-state index in [1.165, 1.54) is 23.9 Å². The van der Waals surface area contributed by atoms with Gasteiger partial charge in [-0.1, -0.05) is 11.8 Å². The van der Waals surface area contributed by atoms with E-state index in [2.05, 4.69) is 21.5 Å². The molecule has 0 amide bonds. The van der Waals surface area contributed by atoms with Crippen LogP contribution in [0.5, 0.6) is 0 Å². The van der Waals surface area contributed by atoms with Gasteiger partial charge in [0.2, 0.25) is 0 Å². The molecule has 0 saturated heterocycles. The molecule has 2 aromatic heterocycles. The van der Waals surface area contributed by atoms with Crippen molar-refractivity contribution in [2.24, 2.45) is 7.05 Å². The van der Waals surface area contributed by atoms with Gasteiger partial charge < -0.3 is 9.67 Å². The van der Waals surface area contributed by atoms with E-state index in [0.717, 1.165) is 10.4 Å². The number of aryl methyl sites for hydroxylation is 1. The first-order valence-corrected chi connectivity index (χ1v) is 8.02. The molecule has 0 fully saturated rings. The van der Waals surface area contributed by atoms with Crippen molar-refractivity contribution in [3.8, 4) is 11.8 Å². The fourth-order valence-corrected chi connectivity index (χ4v) is 3.28. The lowest BCUT2D eigenvalue weighted by Crippen LogP contribution is -2.23. The van der Waals surface area contributed by atoms with E-state index in [4.69, 9.17) is 5.11 Å². The van der Waals surface area contributed by atoms with Gasteiger partial charge in [-0.05, 0) is 6.07 Å². The Morgan fingerprint density at radius 3 is 3.00 bits per heavy atom. The van der Waals surface area contributed by atoms with Gasteiger partial charge in [0.25, 0.3) is 10.0 Å². The zero-order valence-corrected chi connectivity index (χ0v) is 12.3. The fourth-order valence-electron chi connectivity index (χ4n) is 1.45. The first kappa shape index (κ1) is 14.7. The van der Waals surface area contributed by atoms with Gasteiger partial charge in [0, 0.05) is 35.6 Å². The van der Waals surface area contributed by atoms with Crippen LogP contribution in [0.4, 0.5) is 0 Å². The zero-order valence-electron chi connectivity index (χ0n) is 10.7. The average molecular weight is 311 g/mol. The molecular formula is C12H13N3O3S2. The Balaban J connectivity index is 2.03. The minimum Gasteiger partial charge on any atom is -0.384 e. The molecule has 0 aromatic carbocycles. The van der Waals surface area contributed by atoms with Crippen LogP contribution in [0.15, 0.2) is 29.0 Å². The highest BCUT2D eigenvalue weighted by Gasteiger charge is 2.16. The summed E-state index contributed by atoms with van der Waals surface area (Å²) in [5, 5.41) is 10.4. The molecule has 20 heavy (non-hydrogen) atoms. The third-order valence-corrected chi connectivity index (χ3v) is 4.58. The van der Waals surface area contributed by atoms with Crippen molar-refractivity contribution in [2.45, 2.75) is 11.6 Å². The smallest absolute Gasteiger partial charge is 0.259 e. The second kappa shape index (κ2) is 6.19. The van der Waals surface area contributed by atoms with Gasteiger partial charge in [-0.2, -0.15) is 0 Å². The number of thiophene rings is 1. The van der Waals surface area contributed by atoms with Crippen LogP contribution in [-0.4, -0.2) is 29.7 Å². The quantitative estimate of drug-likeness (QED) is 0.796. The summed E-state index contributed by atoms with van der Waals surface area (Å²) < 4.78 is 28.0. The molecule has 2 rings (SSSR count). The molecule has 0 aliphatic rings. The fraction of sp³-hybridized carbons (Fsp3) is 0.250. The number of aliphatic hydroxyl groups is 1. The predicted octanol–water partition coefficient (Wildman–Crippen LogP) is 0.304. The molecule has 0 aliphatic heterocycles. The van der Waals surface area contributed by atoms with E-state index in [-0.39, 0.29) is 18.2 Å². The van der Waals surface area contributed by atoms with Crippen LogP contribution in [0.1, 0.15) is 10.4 Å². The summed E-state index contributed by atoms with van der Waals surface area (Å²) in [5.74, 6) is 5.30. The highest BCUT2D eigenvalue weighted by atomic mass is 32.2. The highest BCUT2D eigenvalue weighted by Crippen LogP contribution is 2.14. The first-order valence-electron chi connectivity index (χ1n) is 5.66. The summed E-state index contributed by atoms with van der Waals surface area (Å²) in [6.45, 7) is -0.0120. The predicted molar refractivity (Wildman–Crippen MR) is 75.5 cm³/mol. The Hall–Kier alpha value is -1.66. The number of nitrogens with zero attached hydrogens (tertiary/aromatic N) is 2. The van der Waals surface area contributed by atoms with Crippen LogP contribution in [0.3, 0.4) is 0 Å². The molecule has 0 atom stereocenters. The summed E-state index contributed by atoms with van der Waals surface area (Å²) in [6.07, 6.45) is 2.87. The molecule has 2 aromatic rings. The minimum absolute atomic E-state index is 0.00292. The number of sulfonamides is 1. The monoisotopic (exact) mass is 311 g/mol. The van der Waals surface area contributed by atoms with Gasteiger partial charge in [0.05, 0.1) is 6.33 Å². The van der Waals surface area contributed by atoms with Crippen molar-refractivity contribution < 1.29 is 13.5 Å². The summed E-state index contributed by atoms with van der Waals surface area (Å²) >= 11 is 1.40. The summed E-state index contributed by atoms with van der Waals surface area (Å²) in [4.78, 5) is 4.65. The van der Waals surface area contributed by atoms with Gasteiger partial charge >= 0.3 is 0 Å². The molecule has 8 heteroatoms. The number of hydrogen-bond acceptors (Lipinski definition) is 5. The van der Waals surface area contributed by atoms with Crippen molar-refractivity contribution in [3.05, 3.63) is 34.4 Å². The van der Waals surface area contributed by atoms with E-state index in [1.807, 2.05) is 5.38 Å². The Morgan fingerprint density at radius 1 is 1.55 bits per heavy atom. The maximum atomic E-state index is 12.0. The number of hydrogen-bond donors (Lipinski definition) is 2. The van der Waals surface area contributed by atoms with Crippen molar-refractivity contribution in [1.82, 2.24) is 14.3 Å². The normalized spacial score (nSPS) is 11.1. The molecule has 0 radical (unpaired) electrons. The van der Waals surface area contributed by atoms with E-state index < -0.39 is 10.0 Å². The van der Waals surface area contributed by atoms with Crippen LogP contribution in [-0.2, 0) is 23.6 Å². The molecule has 106 valence electrons. The lowest BCUT2D eigenvalue weighted by atomic mass is 10.3. The van der Waals surface area contributed by atoms with E-state index in [0.29, 0.717) is 0 Å². The third kappa shape index (κ3) is 3.68. The Bertz CT molecular complexity index is 750. The summed E-state index contributed by atoms with van der Waals surface area (Å²) in [6, 6.07) is 1.79. The largest absolute Gasteiger partial charge is 0.384 e. The third-order valence-electron chi connectivity index (χ3n) is 2.36. The van der Waals surface area contributed by atoms with E-state index in [9.17, 15) is 8.42 Å². The lowest BCUT2D eigenvalue weighted by molar-refractivity contribution is 0.350. The Morgan fingerprint density at radius 2 is 2.35 bits per heavy atom. The molecule has 2 heterocycles. The zero-order chi connectivity index (χ0) is 14.6. The second-order valence-corrected chi connectivity index (χ2v) is 6.67. The van der Waals surface area contributed by atoms with Gasteiger partial charge in [0.1, 0.15) is 6.61 Å². The second-order valence-electron chi connectivity index (χ2n) is 3.96. The molecule has 0 unspecified atom stereocenters. The number of aliphatic hydroxyl groups excluding tert-OH is 1. The van der Waals surface area contributed by atoms with E-state index in [1.54, 1.807) is 17.7 Å². The van der Waals surface area contributed by atoms with Crippen LogP contribution in [0.2, 0.25) is 0 Å². The van der Waals surface area contributed by atoms with Crippen LogP contribution in [0, 0.1) is 11.8 Å². The molecular weight excluding hydrogens is 298 g/mol. The van der Waals surface area contributed by atoms with Gasteiger partial charge in [-0.15, -0.1) is 11.3 Å². The highest BCUT2D eigenvalue weighted by molar-refractivity contribution is 7.89. The molecule has 0 saturated carbocycles. The van der Waals surface area contributed by atoms with Gasteiger partial charge in [0.15, 0.2) is 5.03 Å². The van der Waals surface area contributed by atoms with Crippen LogP contribution < -0.4 is 4.72 Å². The summed E-state index contributed by atoms with van der Waals surface area (Å²) in [7, 11) is -1.89. The van der Waals surface area contributed by atoms with Crippen LogP contribution in [0.25, 0.3) is 0 Å². The standard InChI is InChI=1S/C12H13N3O3S2/c1-15-7-12(13-9-15)20(17,18)14-6-11-5-10(8-19-11)3-2-4-16/h5,7-9,14,16H,4,6H2,1H3. The SMILES string of the molecule is Cn1cnc(S(=O)(=O)NCc2cc(C#CCO)cs2)c1. The van der Waals surface area contributed by atoms with E-state index >= 15 is 0 Å². The first-order chi connectivity index (χ1) is 9.51. The van der Waals surface area contributed by atoms with Crippen molar-refractivity contribution >= 4 is 21.4 Å². The van der Waals surface area contributed by atoms with Crippen molar-refractivity contribution in [1.29, 1.82) is 0 Å². The average Bonchev–Trinajstić information content (AvgIpc) is 3.03. The van der Waals surface area contributed by atoms with Crippen molar-refractivity contribution in [2.75, 3.05) is 6.61 Å². The number of aromatic nitrogens is 2. The number of nitrogens with one attached hydrogen (secondary N) is 1. The maximum absolute atomic E-state index is 12.0. The Labute approximate surface area is 121 Å². The minimum atomic E-state index is -3.60. The maximum Gasteiger partial charge on any atom is 0.259 e. The molecule has 0 spiro atoms. The van der Waals surface area contributed by atoms with Gasteiger partial charge in [-0.3, -0.25) is 0 Å². The Kier molecular flexibility index (Phi) is 4.57. The molecule has 2 N–H and O–H groups in total. The summed E-state index contributed by atoms with van der Waals surface area (Å²) in [5.41, 5.74) is 0.760. The van der Waals surface area contributed by atoms with Crippen molar-refractivity contribution in [3.63, 3.8) is 0 Å². The molecule has 0 aliphatic carbocycles.